The van der Waals surface area contributed by atoms with Crippen molar-refractivity contribution >= 4 is 11.6 Å². The van der Waals surface area contributed by atoms with Gasteiger partial charge in [-0.15, -0.1) is 0 Å². The Hall–Kier alpha value is -1.84. The molecule has 0 aliphatic heterocycles. The molecule has 0 unspecified atom stereocenters. The van der Waals surface area contributed by atoms with Gasteiger partial charge in [-0.2, -0.15) is 0 Å². The van der Waals surface area contributed by atoms with Crippen LogP contribution in [0.25, 0.3) is 0 Å². The van der Waals surface area contributed by atoms with E-state index >= 15 is 0 Å². The number of hydrogen-bond donors (Lipinski definition) is 1. The summed E-state index contributed by atoms with van der Waals surface area (Å²) in [4.78, 5) is 16.0. The molecule has 0 spiro atoms. The minimum atomic E-state index is -0.266. The number of nitrogens with one attached hydrogen (secondary N) is 1. The number of likely N-dealkylation sites (N-methyl/N-ethyl adjacent to an activating group) is 1. The Morgan fingerprint density at radius 1 is 1.36 bits per heavy atom. The third kappa shape index (κ3) is 2.32. The molecule has 0 fully saturated rings. The Morgan fingerprint density at radius 2 is 2.00 bits per heavy atom. The summed E-state index contributed by atoms with van der Waals surface area (Å²) in [5, 5.41) is 6.17. The van der Waals surface area contributed by atoms with Gasteiger partial charge in [0.1, 0.15) is 7.11 Å². The van der Waals surface area contributed by atoms with Crippen molar-refractivity contribution in [3.05, 3.63) is 35.9 Å². The fraction of sp³-hybridized carbons (Fsp3) is 0.200. The van der Waals surface area contributed by atoms with Gasteiger partial charge in [0.15, 0.2) is 5.71 Å². The van der Waals surface area contributed by atoms with Crippen LogP contribution >= 0.6 is 0 Å². The summed E-state index contributed by atoms with van der Waals surface area (Å²) < 4.78 is 0. The number of amides is 1. The molecule has 0 bridgehead atoms. The fourth-order valence-electron chi connectivity index (χ4n) is 1.03. The largest absolute Gasteiger partial charge is 0.398 e. The van der Waals surface area contributed by atoms with Crippen molar-refractivity contribution in [1.82, 2.24) is 5.32 Å². The molecule has 74 valence electrons. The van der Waals surface area contributed by atoms with Crippen molar-refractivity contribution in [2.45, 2.75) is 0 Å². The van der Waals surface area contributed by atoms with E-state index in [4.69, 9.17) is 0 Å². The van der Waals surface area contributed by atoms with E-state index in [2.05, 4.69) is 15.3 Å². The first-order valence-corrected chi connectivity index (χ1v) is 4.18. The molecule has 14 heavy (non-hydrogen) atoms. The molecule has 0 atom stereocenters. The number of rotatable bonds is 3. The molecule has 0 heterocycles. The summed E-state index contributed by atoms with van der Waals surface area (Å²) in [5.74, 6) is -0.266. The first kappa shape index (κ1) is 10.2. The van der Waals surface area contributed by atoms with Crippen LogP contribution in [0, 0.1) is 0 Å². The summed E-state index contributed by atoms with van der Waals surface area (Å²) in [7, 11) is 2.96. The molecule has 1 aromatic carbocycles. The van der Waals surface area contributed by atoms with Crippen LogP contribution in [-0.4, -0.2) is 25.8 Å². The zero-order valence-corrected chi connectivity index (χ0v) is 8.15. The highest BCUT2D eigenvalue weighted by Gasteiger charge is 2.12. The predicted molar refractivity (Wildman–Crippen MR) is 54.1 cm³/mol. The van der Waals surface area contributed by atoms with E-state index in [1.165, 1.54) is 7.11 Å². The Kier molecular flexibility index (Phi) is 3.67. The van der Waals surface area contributed by atoms with Gasteiger partial charge < -0.3 is 10.2 Å². The average Bonchev–Trinajstić information content (AvgIpc) is 2.26. The minimum absolute atomic E-state index is 0.266. The smallest absolute Gasteiger partial charge is 0.273 e. The maximum atomic E-state index is 11.4. The molecule has 0 aliphatic rings. The maximum Gasteiger partial charge on any atom is 0.273 e. The second kappa shape index (κ2) is 5.01. The zero-order chi connectivity index (χ0) is 10.4. The normalized spacial score (nSPS) is 10.9. The lowest BCUT2D eigenvalue weighted by Gasteiger charge is -2.03. The topological polar surface area (TPSA) is 50.7 Å². The van der Waals surface area contributed by atoms with Gasteiger partial charge in [-0.1, -0.05) is 35.5 Å². The molecule has 1 aromatic rings. The van der Waals surface area contributed by atoms with Crippen LogP contribution in [-0.2, 0) is 9.63 Å². The van der Waals surface area contributed by atoms with Crippen molar-refractivity contribution in [2.24, 2.45) is 5.16 Å². The first-order valence-electron chi connectivity index (χ1n) is 4.18. The van der Waals surface area contributed by atoms with Gasteiger partial charge in [0.2, 0.25) is 0 Å². The Labute approximate surface area is 82.6 Å². The lowest BCUT2D eigenvalue weighted by Crippen LogP contribution is -2.28. The Balaban J connectivity index is 3.02. The number of nitrogens with zero attached hydrogens (tertiary/aromatic N) is 1. The summed E-state index contributed by atoms with van der Waals surface area (Å²) in [6.07, 6.45) is 0. The quantitative estimate of drug-likeness (QED) is 0.568. The highest BCUT2D eigenvalue weighted by Crippen LogP contribution is 2.01. The molecule has 1 amide bonds. The second-order valence-electron chi connectivity index (χ2n) is 2.57. The van der Waals surface area contributed by atoms with Gasteiger partial charge >= 0.3 is 0 Å². The molecule has 1 N–H and O–H groups in total. The van der Waals surface area contributed by atoms with Crippen molar-refractivity contribution < 1.29 is 9.63 Å². The number of hydrogen-bond acceptors (Lipinski definition) is 3. The van der Waals surface area contributed by atoms with Crippen LogP contribution in [0.2, 0.25) is 0 Å². The van der Waals surface area contributed by atoms with Crippen LogP contribution < -0.4 is 5.32 Å². The first-order chi connectivity index (χ1) is 6.79. The van der Waals surface area contributed by atoms with Crippen LogP contribution in [0.5, 0.6) is 0 Å². The lowest BCUT2D eigenvalue weighted by atomic mass is 10.1. The molecular formula is C10H12N2O2. The zero-order valence-electron chi connectivity index (χ0n) is 8.15. The number of carbonyl (C=O) groups is 1. The van der Waals surface area contributed by atoms with Crippen molar-refractivity contribution in [3.63, 3.8) is 0 Å². The fourth-order valence-corrected chi connectivity index (χ4v) is 1.03. The van der Waals surface area contributed by atoms with Gasteiger partial charge in [0, 0.05) is 12.6 Å². The Bertz CT molecular complexity index is 333. The highest BCUT2D eigenvalue weighted by atomic mass is 16.6. The van der Waals surface area contributed by atoms with Crippen LogP contribution in [0.1, 0.15) is 5.56 Å². The van der Waals surface area contributed by atoms with Crippen molar-refractivity contribution in [2.75, 3.05) is 14.2 Å². The molecule has 4 nitrogen and oxygen atoms in total. The van der Waals surface area contributed by atoms with E-state index in [1.54, 1.807) is 19.2 Å². The molecule has 1 rings (SSSR count). The second-order valence-corrected chi connectivity index (χ2v) is 2.57. The highest BCUT2D eigenvalue weighted by molar-refractivity contribution is 6.45. The molecule has 0 radical (unpaired) electrons. The molecule has 4 heteroatoms. The lowest BCUT2D eigenvalue weighted by molar-refractivity contribution is -0.114. The average molecular weight is 192 g/mol. The predicted octanol–water partition coefficient (Wildman–Crippen LogP) is 0.783. The van der Waals surface area contributed by atoms with Crippen LogP contribution in [0.15, 0.2) is 35.5 Å². The van der Waals surface area contributed by atoms with Gasteiger partial charge in [-0.25, -0.2) is 0 Å². The molecule has 0 aromatic heterocycles. The van der Waals surface area contributed by atoms with E-state index in [0.29, 0.717) is 0 Å². The van der Waals surface area contributed by atoms with Crippen molar-refractivity contribution in [1.29, 1.82) is 0 Å². The van der Waals surface area contributed by atoms with E-state index < -0.39 is 0 Å². The van der Waals surface area contributed by atoms with Crippen molar-refractivity contribution in [3.8, 4) is 0 Å². The summed E-state index contributed by atoms with van der Waals surface area (Å²) in [6.45, 7) is 0. The van der Waals surface area contributed by atoms with Gasteiger partial charge in [-0.3, -0.25) is 4.79 Å². The molecular weight excluding hydrogens is 180 g/mol. The van der Waals surface area contributed by atoms with E-state index in [1.807, 2.05) is 18.2 Å². The van der Waals surface area contributed by atoms with Gasteiger partial charge in [-0.05, 0) is 0 Å². The van der Waals surface area contributed by atoms with Crippen LogP contribution in [0.3, 0.4) is 0 Å². The minimum Gasteiger partial charge on any atom is -0.398 e. The van der Waals surface area contributed by atoms with Gasteiger partial charge in [0.05, 0.1) is 0 Å². The summed E-state index contributed by atoms with van der Waals surface area (Å²) in [5.41, 5.74) is 1.00. The third-order valence-electron chi connectivity index (χ3n) is 1.67. The standard InChI is InChI=1S/C10H12N2O2/c1-11-10(13)9(12-14-2)8-6-4-3-5-7-8/h3-7H,1-2H3,(H,11,13)/b12-9+. The Morgan fingerprint density at radius 3 is 2.50 bits per heavy atom. The number of benzene rings is 1. The van der Waals surface area contributed by atoms with E-state index in [0.717, 1.165) is 5.56 Å². The summed E-state index contributed by atoms with van der Waals surface area (Å²) in [6, 6.07) is 9.14. The van der Waals surface area contributed by atoms with E-state index in [-0.39, 0.29) is 11.6 Å². The van der Waals surface area contributed by atoms with Gasteiger partial charge in [0.25, 0.3) is 5.91 Å². The van der Waals surface area contributed by atoms with Crippen LogP contribution in [0.4, 0.5) is 0 Å². The summed E-state index contributed by atoms with van der Waals surface area (Å²) >= 11 is 0. The monoisotopic (exact) mass is 192 g/mol. The third-order valence-corrected chi connectivity index (χ3v) is 1.67. The number of carbonyl (C=O) groups excluding carboxylic acids is 1. The molecule has 0 saturated carbocycles. The molecule has 0 aliphatic carbocycles. The SMILES string of the molecule is CNC(=O)/C(=N/OC)c1ccccc1. The number of oxime groups is 1. The molecule has 0 saturated heterocycles. The van der Waals surface area contributed by atoms with E-state index in [9.17, 15) is 4.79 Å². The maximum absolute atomic E-state index is 11.4.